The lowest BCUT2D eigenvalue weighted by Crippen LogP contribution is -1.85. The second kappa shape index (κ2) is 4.59. The second-order valence-electron chi connectivity index (χ2n) is 0.402. The smallest absolute Gasteiger partial charge is 0.311 e. The number of hydrogen-bond donors (Lipinski definition) is 0. The molecule has 0 aromatic rings. The van der Waals surface area contributed by atoms with Gasteiger partial charge in [0.2, 0.25) is 0 Å². The van der Waals surface area contributed by atoms with Crippen molar-refractivity contribution in [1.82, 2.24) is 0 Å². The van der Waals surface area contributed by atoms with Crippen LogP contribution in [0.5, 0.6) is 0 Å². The van der Waals surface area contributed by atoms with Crippen molar-refractivity contribution in [2.45, 2.75) is 0 Å². The fourth-order valence-electron chi connectivity index (χ4n) is 0.0481. The first-order valence-electron chi connectivity index (χ1n) is 1.15. The van der Waals surface area contributed by atoms with Gasteiger partial charge in [-0.2, -0.15) is 0 Å². The van der Waals surface area contributed by atoms with Gasteiger partial charge in [-0.05, 0) is 0 Å². The third-order valence-electron chi connectivity index (χ3n) is 0.138. The molecule has 0 saturated carbocycles. The van der Waals surface area contributed by atoms with E-state index in [0.29, 0.717) is 0 Å². The molecular formula is C2H2O2Si2. The van der Waals surface area contributed by atoms with E-state index in [2.05, 4.69) is 9.15 Å². The van der Waals surface area contributed by atoms with Gasteiger partial charge in [0.25, 0.3) is 0 Å². The van der Waals surface area contributed by atoms with Crippen LogP contribution < -0.4 is 0 Å². The third kappa shape index (κ3) is 3.59. The average molecular weight is 114 g/mol. The molecule has 4 heteroatoms. The predicted octanol–water partition coefficient (Wildman–Crippen LogP) is -0.649. The van der Waals surface area contributed by atoms with Crippen molar-refractivity contribution >= 4 is 18.4 Å². The maximum Gasteiger partial charge on any atom is 0.311 e. The van der Waals surface area contributed by atoms with Crippen molar-refractivity contribution in [2.75, 3.05) is 0 Å². The summed E-state index contributed by atoms with van der Waals surface area (Å²) in [5.41, 5.74) is 0. The van der Waals surface area contributed by atoms with Crippen LogP contribution >= 0.6 is 0 Å². The molecule has 0 aliphatic rings. The summed E-state index contributed by atoms with van der Waals surface area (Å²) >= 11 is 0. The zero-order chi connectivity index (χ0) is 4.83. The number of hydrogen-bond acceptors (Lipinski definition) is 2. The largest absolute Gasteiger partial charge is 0.316 e. The zero-order valence-corrected chi connectivity index (χ0v) is 4.97. The summed E-state index contributed by atoms with van der Waals surface area (Å²) in [7, 11) is -0.261. The van der Waals surface area contributed by atoms with Gasteiger partial charge in [-0.1, -0.05) is 0 Å². The van der Waals surface area contributed by atoms with Crippen LogP contribution in [0.2, 0.25) is 0 Å². The van der Waals surface area contributed by atoms with Crippen LogP contribution in [0, 0.1) is 12.0 Å². The Bertz CT molecular complexity index is 83.1. The monoisotopic (exact) mass is 114 g/mol. The van der Waals surface area contributed by atoms with Crippen molar-refractivity contribution in [1.29, 1.82) is 0 Å². The van der Waals surface area contributed by atoms with E-state index in [4.69, 9.17) is 12.0 Å². The standard InChI is InChI=1S/C2H2O2Si2/c1-5-3-4-6-2/h1-2H. The van der Waals surface area contributed by atoms with Crippen LogP contribution in [0.25, 0.3) is 0 Å². The molecule has 0 unspecified atom stereocenters. The summed E-state index contributed by atoms with van der Waals surface area (Å²) in [6.45, 7) is 0. The van der Waals surface area contributed by atoms with Crippen LogP contribution in [0.15, 0.2) is 0 Å². The van der Waals surface area contributed by atoms with Gasteiger partial charge in [0.05, 0.1) is 0 Å². The Morgan fingerprint density at radius 1 is 1.00 bits per heavy atom. The summed E-state index contributed by atoms with van der Waals surface area (Å²) in [5.74, 6) is 0. The summed E-state index contributed by atoms with van der Waals surface area (Å²) in [5, 5.41) is 0. The SMILES string of the molecule is C#[Si]OO[Si]#C. The molecule has 0 bridgehead atoms. The van der Waals surface area contributed by atoms with Gasteiger partial charge >= 0.3 is 18.4 Å². The Kier molecular flexibility index (Phi) is 4.28. The fraction of sp³-hybridized carbons (Fsp3) is 0. The van der Waals surface area contributed by atoms with E-state index < -0.39 is 0 Å². The molecule has 0 aliphatic heterocycles. The lowest BCUT2D eigenvalue weighted by molar-refractivity contribution is -0.0883. The Labute approximate surface area is 40.4 Å². The van der Waals surface area contributed by atoms with E-state index in [0.717, 1.165) is 0 Å². The Hall–Kier alpha value is -0.406. The van der Waals surface area contributed by atoms with Crippen LogP contribution in [-0.2, 0) is 9.15 Å². The van der Waals surface area contributed by atoms with E-state index in [1.807, 2.05) is 0 Å². The first-order valence-corrected chi connectivity index (χ1v) is 3.12. The maximum atomic E-state index is 4.84. The van der Waals surface area contributed by atoms with Gasteiger partial charge in [-0.25, -0.2) is 0 Å². The Balaban J connectivity index is 2.78. The topological polar surface area (TPSA) is 18.5 Å². The minimum absolute atomic E-state index is 0.131. The normalized spacial score (nSPS) is 4.33. The highest BCUT2D eigenvalue weighted by molar-refractivity contribution is 6.15. The molecule has 0 atom stereocenters. The molecule has 0 heterocycles. The quantitative estimate of drug-likeness (QED) is 0.195. The third-order valence-corrected chi connectivity index (χ3v) is 0.664. The molecule has 0 rings (SSSR count). The summed E-state index contributed by atoms with van der Waals surface area (Å²) in [6, 6.07) is 9.69. The molecule has 0 aromatic carbocycles. The molecule has 6 heavy (non-hydrogen) atoms. The highest BCUT2D eigenvalue weighted by Gasteiger charge is 1.60. The van der Waals surface area contributed by atoms with Crippen molar-refractivity contribution in [3.05, 3.63) is 0 Å². The van der Waals surface area contributed by atoms with Crippen molar-refractivity contribution in [2.24, 2.45) is 0 Å². The van der Waals surface area contributed by atoms with Crippen molar-refractivity contribution < 1.29 is 9.15 Å². The van der Waals surface area contributed by atoms with Crippen LogP contribution in [0.4, 0.5) is 0 Å². The molecule has 0 saturated heterocycles. The Morgan fingerprint density at radius 2 is 1.33 bits per heavy atom. The van der Waals surface area contributed by atoms with E-state index >= 15 is 0 Å². The maximum absolute atomic E-state index is 4.84. The van der Waals surface area contributed by atoms with Crippen LogP contribution in [-0.4, -0.2) is 18.4 Å². The van der Waals surface area contributed by atoms with Gasteiger partial charge in [0.15, 0.2) is 0 Å². The van der Waals surface area contributed by atoms with E-state index in [1.54, 1.807) is 0 Å². The lowest BCUT2D eigenvalue weighted by atomic mass is 12.0. The second-order valence-corrected chi connectivity index (χ2v) is 1.21. The molecule has 0 aromatic heterocycles. The molecule has 0 radical (unpaired) electrons. The lowest BCUT2D eigenvalue weighted by Gasteiger charge is -1.83. The van der Waals surface area contributed by atoms with Gasteiger partial charge in [-0.3, -0.25) is 0 Å². The molecule has 0 fully saturated rings. The molecule has 0 aliphatic carbocycles. The Morgan fingerprint density at radius 3 is 1.50 bits per heavy atom. The first kappa shape index (κ1) is 5.59. The van der Waals surface area contributed by atoms with E-state index in [1.165, 1.54) is 0 Å². The average Bonchev–Trinajstić information content (AvgIpc) is 1.61. The molecule has 0 N–H and O–H groups in total. The molecule has 0 spiro atoms. The fourth-order valence-corrected chi connectivity index (χ4v) is 0.433. The minimum atomic E-state index is -0.131. The summed E-state index contributed by atoms with van der Waals surface area (Å²) in [4.78, 5) is 0. The predicted molar refractivity (Wildman–Crippen MR) is 23.6 cm³/mol. The number of rotatable bonds is 1. The van der Waals surface area contributed by atoms with Gasteiger partial charge < -0.3 is 9.15 Å². The van der Waals surface area contributed by atoms with Crippen LogP contribution in [0.3, 0.4) is 0 Å². The van der Waals surface area contributed by atoms with E-state index in [-0.39, 0.29) is 18.4 Å². The highest BCUT2D eigenvalue weighted by atomic mass is 28.2. The summed E-state index contributed by atoms with van der Waals surface area (Å²) < 4.78 is 8.35. The highest BCUT2D eigenvalue weighted by Crippen LogP contribution is 1.53. The van der Waals surface area contributed by atoms with Crippen molar-refractivity contribution in [3.8, 4) is 12.0 Å². The molecular weight excluding hydrogens is 112 g/mol. The summed E-state index contributed by atoms with van der Waals surface area (Å²) in [6.07, 6.45) is 0. The van der Waals surface area contributed by atoms with Gasteiger partial charge in [0.1, 0.15) is 0 Å². The first-order chi connectivity index (χ1) is 2.91. The molecule has 30 valence electrons. The van der Waals surface area contributed by atoms with E-state index in [9.17, 15) is 0 Å². The minimum Gasteiger partial charge on any atom is -0.316 e. The molecule has 0 amide bonds. The molecule has 2 nitrogen and oxygen atoms in total. The van der Waals surface area contributed by atoms with Crippen molar-refractivity contribution in [3.63, 3.8) is 0 Å². The van der Waals surface area contributed by atoms with Gasteiger partial charge in [0, 0.05) is 0 Å². The van der Waals surface area contributed by atoms with Gasteiger partial charge in [-0.15, -0.1) is 12.0 Å². The van der Waals surface area contributed by atoms with Crippen LogP contribution in [0.1, 0.15) is 0 Å². The zero-order valence-electron chi connectivity index (χ0n) is 2.97.